The van der Waals surface area contributed by atoms with Crippen LogP contribution in [0.25, 0.3) is 0 Å². The number of methoxy groups -OCH3 is 1. The number of aliphatic hydroxyl groups is 1. The molecule has 0 bridgehead atoms. The largest absolute Gasteiger partial charge is 0.496 e. The maximum Gasteiger partial charge on any atom is 0.123 e. The average molecular weight is 304 g/mol. The molecule has 1 N–H and O–H groups in total. The Hall–Kier alpha value is -1.65. The van der Waals surface area contributed by atoms with Crippen LogP contribution < -0.4 is 4.74 Å². The molecule has 0 heterocycles. The monoisotopic (exact) mass is 304 g/mol. The molecule has 0 aliphatic carbocycles. The minimum Gasteiger partial charge on any atom is -0.496 e. The van der Waals surface area contributed by atoms with Crippen molar-refractivity contribution in [1.82, 2.24) is 0 Å². The highest BCUT2D eigenvalue weighted by Crippen LogP contribution is 2.22. The number of hydrogen-bond donors (Lipinski definition) is 1. The summed E-state index contributed by atoms with van der Waals surface area (Å²) in [7, 11) is 0.636. The van der Waals surface area contributed by atoms with Crippen LogP contribution in [0.5, 0.6) is 5.75 Å². The molecule has 0 saturated carbocycles. The van der Waals surface area contributed by atoms with Gasteiger partial charge in [0.15, 0.2) is 0 Å². The van der Waals surface area contributed by atoms with E-state index < -0.39 is 10.8 Å². The van der Waals surface area contributed by atoms with Crippen LogP contribution in [0.4, 0.5) is 0 Å². The molecule has 1 atom stereocenters. The Morgan fingerprint density at radius 1 is 1.05 bits per heavy atom. The van der Waals surface area contributed by atoms with Crippen LogP contribution in [-0.2, 0) is 28.9 Å². The Morgan fingerprint density at radius 2 is 1.71 bits per heavy atom. The summed E-state index contributed by atoms with van der Waals surface area (Å²) < 4.78 is 17.6. The number of hydrogen-bond acceptors (Lipinski definition) is 3. The summed E-state index contributed by atoms with van der Waals surface area (Å²) in [6, 6.07) is 13.5. The molecule has 0 radical (unpaired) electrons. The highest BCUT2D eigenvalue weighted by molar-refractivity contribution is 7.83. The van der Waals surface area contributed by atoms with E-state index in [0.29, 0.717) is 11.5 Å². The second-order valence-electron chi connectivity index (χ2n) is 5.02. The molecule has 2 aromatic rings. The first kappa shape index (κ1) is 15.7. The first-order valence-corrected chi connectivity index (χ1v) is 8.28. The third-order valence-corrected chi connectivity index (χ3v) is 4.57. The molecule has 0 amide bonds. The van der Waals surface area contributed by atoms with Gasteiger partial charge in [-0.2, -0.15) is 0 Å². The maximum absolute atomic E-state index is 12.3. The molecule has 0 aliphatic rings. The number of aliphatic hydroxyl groups excluding tert-OH is 1. The Labute approximate surface area is 128 Å². The van der Waals surface area contributed by atoms with Crippen molar-refractivity contribution in [3.63, 3.8) is 0 Å². The number of benzene rings is 2. The number of rotatable bonds is 6. The molecule has 1 unspecified atom stereocenters. The highest BCUT2D eigenvalue weighted by atomic mass is 32.2. The Kier molecular flexibility index (Phi) is 5.53. The van der Waals surface area contributed by atoms with Crippen molar-refractivity contribution in [2.45, 2.75) is 25.0 Å². The van der Waals surface area contributed by atoms with Gasteiger partial charge in [0.1, 0.15) is 5.75 Å². The third kappa shape index (κ3) is 4.41. The van der Waals surface area contributed by atoms with Crippen LogP contribution in [0, 0.1) is 6.92 Å². The van der Waals surface area contributed by atoms with E-state index in [9.17, 15) is 4.21 Å². The van der Waals surface area contributed by atoms with Gasteiger partial charge >= 0.3 is 0 Å². The van der Waals surface area contributed by atoms with Crippen molar-refractivity contribution in [3.8, 4) is 5.75 Å². The molecule has 0 aromatic heterocycles. The summed E-state index contributed by atoms with van der Waals surface area (Å²) in [6.07, 6.45) is 0. The van der Waals surface area contributed by atoms with Gasteiger partial charge in [-0.1, -0.05) is 42.0 Å². The van der Waals surface area contributed by atoms with Gasteiger partial charge in [0.05, 0.1) is 19.5 Å². The van der Waals surface area contributed by atoms with Gasteiger partial charge in [-0.05, 0) is 24.1 Å². The van der Waals surface area contributed by atoms with E-state index in [1.54, 1.807) is 7.11 Å². The smallest absolute Gasteiger partial charge is 0.123 e. The molecule has 2 aromatic carbocycles. The molecule has 0 aliphatic heterocycles. The Morgan fingerprint density at radius 3 is 2.33 bits per heavy atom. The predicted molar refractivity (Wildman–Crippen MR) is 85.6 cm³/mol. The molecular weight excluding hydrogens is 284 g/mol. The lowest BCUT2D eigenvalue weighted by molar-refractivity contribution is 0.282. The normalized spacial score (nSPS) is 12.1. The van der Waals surface area contributed by atoms with Gasteiger partial charge in [0.2, 0.25) is 0 Å². The predicted octanol–water partition coefficient (Wildman–Crippen LogP) is 2.94. The molecule has 3 nitrogen and oxygen atoms in total. The summed E-state index contributed by atoms with van der Waals surface area (Å²) >= 11 is 0. The van der Waals surface area contributed by atoms with Crippen molar-refractivity contribution in [3.05, 3.63) is 64.7 Å². The zero-order valence-corrected chi connectivity index (χ0v) is 13.2. The second-order valence-corrected chi connectivity index (χ2v) is 6.48. The molecule has 4 heteroatoms. The summed E-state index contributed by atoms with van der Waals surface area (Å²) in [4.78, 5) is 0. The van der Waals surface area contributed by atoms with E-state index >= 15 is 0 Å². The van der Waals surface area contributed by atoms with Crippen molar-refractivity contribution in [2.75, 3.05) is 7.11 Å². The minimum atomic E-state index is -0.993. The van der Waals surface area contributed by atoms with Crippen LogP contribution in [0.15, 0.2) is 42.5 Å². The zero-order valence-electron chi connectivity index (χ0n) is 12.3. The zero-order chi connectivity index (χ0) is 15.2. The molecule has 0 fully saturated rings. The lowest BCUT2D eigenvalue weighted by atomic mass is 10.1. The maximum atomic E-state index is 12.3. The van der Waals surface area contributed by atoms with Gasteiger partial charge < -0.3 is 9.84 Å². The van der Waals surface area contributed by atoms with E-state index in [0.717, 1.165) is 28.0 Å². The topological polar surface area (TPSA) is 46.5 Å². The van der Waals surface area contributed by atoms with Gasteiger partial charge in [-0.25, -0.2) is 0 Å². The van der Waals surface area contributed by atoms with Gasteiger partial charge in [0.25, 0.3) is 0 Å². The Balaban J connectivity index is 2.05. The molecular formula is C17H20O3S. The average Bonchev–Trinajstić information content (AvgIpc) is 2.48. The molecule has 0 saturated heterocycles. The van der Waals surface area contributed by atoms with Crippen molar-refractivity contribution in [2.24, 2.45) is 0 Å². The third-order valence-electron chi connectivity index (χ3n) is 3.29. The van der Waals surface area contributed by atoms with Crippen LogP contribution in [-0.4, -0.2) is 16.4 Å². The lowest BCUT2D eigenvalue weighted by Gasteiger charge is -2.09. The molecule has 112 valence electrons. The fraction of sp³-hybridized carbons (Fsp3) is 0.294. The highest BCUT2D eigenvalue weighted by Gasteiger charge is 2.09. The van der Waals surface area contributed by atoms with Crippen LogP contribution in [0.1, 0.15) is 22.3 Å². The quantitative estimate of drug-likeness (QED) is 0.892. The van der Waals surface area contributed by atoms with Crippen molar-refractivity contribution in [1.29, 1.82) is 0 Å². The standard InChI is InChI=1S/C17H20O3S/c1-13-3-8-17(20-2)16(9-13)12-21(19)11-15-6-4-14(10-18)5-7-15/h3-9,18H,10-12H2,1-2H3. The van der Waals surface area contributed by atoms with E-state index in [4.69, 9.17) is 9.84 Å². The van der Waals surface area contributed by atoms with E-state index in [1.165, 1.54) is 0 Å². The summed E-state index contributed by atoms with van der Waals surface area (Å²) in [5.74, 6) is 1.76. The molecule has 21 heavy (non-hydrogen) atoms. The summed E-state index contributed by atoms with van der Waals surface area (Å²) in [5.41, 5.74) is 3.99. The SMILES string of the molecule is COc1ccc(C)cc1CS(=O)Cc1ccc(CO)cc1. The number of ether oxygens (including phenoxy) is 1. The first-order chi connectivity index (χ1) is 10.1. The van der Waals surface area contributed by atoms with E-state index in [2.05, 4.69) is 0 Å². The molecule has 2 rings (SSSR count). The molecule has 0 spiro atoms. The van der Waals surface area contributed by atoms with Gasteiger partial charge in [0, 0.05) is 22.1 Å². The van der Waals surface area contributed by atoms with Gasteiger partial charge in [-0.15, -0.1) is 0 Å². The van der Waals surface area contributed by atoms with Crippen LogP contribution in [0.2, 0.25) is 0 Å². The fourth-order valence-corrected chi connectivity index (χ4v) is 3.41. The first-order valence-electron chi connectivity index (χ1n) is 6.79. The van der Waals surface area contributed by atoms with Crippen molar-refractivity contribution < 1.29 is 14.1 Å². The van der Waals surface area contributed by atoms with Crippen LogP contribution >= 0.6 is 0 Å². The fourth-order valence-electron chi connectivity index (χ4n) is 2.17. The minimum absolute atomic E-state index is 0.0316. The van der Waals surface area contributed by atoms with Crippen molar-refractivity contribution >= 4 is 10.8 Å². The second kappa shape index (κ2) is 7.38. The Bertz CT molecular complexity index is 620. The lowest BCUT2D eigenvalue weighted by Crippen LogP contribution is -2.02. The summed E-state index contributed by atoms with van der Waals surface area (Å²) in [5, 5.41) is 9.01. The number of aryl methyl sites for hydroxylation is 1. The van der Waals surface area contributed by atoms with E-state index in [-0.39, 0.29) is 6.61 Å². The van der Waals surface area contributed by atoms with Gasteiger partial charge in [-0.3, -0.25) is 4.21 Å². The van der Waals surface area contributed by atoms with Crippen LogP contribution in [0.3, 0.4) is 0 Å². The van der Waals surface area contributed by atoms with E-state index in [1.807, 2.05) is 49.4 Å². The summed E-state index contributed by atoms with van der Waals surface area (Å²) in [6.45, 7) is 2.04.